The van der Waals surface area contributed by atoms with Gasteiger partial charge in [-0.2, -0.15) is 5.26 Å². The second-order valence-corrected chi connectivity index (χ2v) is 7.78. The fourth-order valence-electron chi connectivity index (χ4n) is 1.69. The number of hydrogen-bond donors (Lipinski definition) is 1. The van der Waals surface area contributed by atoms with E-state index in [1.807, 2.05) is 17.5 Å². The fourth-order valence-corrected chi connectivity index (χ4v) is 3.12. The maximum absolute atomic E-state index is 9.39. The van der Waals surface area contributed by atoms with Gasteiger partial charge in [0.2, 0.25) is 0 Å². The topological polar surface area (TPSA) is 48.7 Å². The van der Waals surface area contributed by atoms with Gasteiger partial charge in [-0.3, -0.25) is 0 Å². The lowest BCUT2D eigenvalue weighted by Crippen LogP contribution is -2.13. The van der Waals surface area contributed by atoms with E-state index in [9.17, 15) is 5.26 Å². The molecule has 0 aliphatic rings. The van der Waals surface area contributed by atoms with E-state index < -0.39 is 6.04 Å². The Bertz CT molecular complexity index is 685. The summed E-state index contributed by atoms with van der Waals surface area (Å²) in [6.45, 7) is 6.34. The Morgan fingerprint density at radius 1 is 1.43 bits per heavy atom. The summed E-state index contributed by atoms with van der Waals surface area (Å²) in [7, 11) is 0. The van der Waals surface area contributed by atoms with E-state index in [1.54, 1.807) is 17.4 Å². The minimum Gasteiger partial charge on any atom is -0.365 e. The molecule has 0 aliphatic carbocycles. The highest BCUT2D eigenvalue weighted by molar-refractivity contribution is 9.10. The molecule has 0 bridgehead atoms. The molecule has 1 N–H and O–H groups in total. The summed E-state index contributed by atoms with van der Waals surface area (Å²) >= 11 is 10.9. The first-order valence-electron chi connectivity index (χ1n) is 6.38. The van der Waals surface area contributed by atoms with Crippen LogP contribution in [0.4, 0.5) is 5.69 Å². The van der Waals surface area contributed by atoms with Gasteiger partial charge in [0.05, 0.1) is 21.8 Å². The van der Waals surface area contributed by atoms with Crippen LogP contribution in [0.1, 0.15) is 37.5 Å². The first-order valence-corrected chi connectivity index (χ1v) is 8.43. The van der Waals surface area contributed by atoms with Gasteiger partial charge in [-0.1, -0.05) is 32.4 Å². The van der Waals surface area contributed by atoms with Gasteiger partial charge in [0, 0.05) is 21.0 Å². The van der Waals surface area contributed by atoms with Gasteiger partial charge in [-0.15, -0.1) is 11.3 Å². The predicted molar refractivity (Wildman–Crippen MR) is 91.9 cm³/mol. The monoisotopic (exact) mass is 383 g/mol. The third-order valence-corrected chi connectivity index (χ3v) is 5.32. The molecule has 1 aromatic carbocycles. The number of rotatable bonds is 3. The smallest absolute Gasteiger partial charge is 0.158 e. The molecule has 0 spiro atoms. The van der Waals surface area contributed by atoms with Crippen LogP contribution in [0.3, 0.4) is 0 Å². The molecule has 6 heteroatoms. The van der Waals surface area contributed by atoms with E-state index in [-0.39, 0.29) is 5.41 Å². The van der Waals surface area contributed by atoms with E-state index in [0.29, 0.717) is 5.02 Å². The number of thiazole rings is 1. The molecule has 0 aliphatic heterocycles. The second-order valence-electron chi connectivity index (χ2n) is 5.66. The maximum atomic E-state index is 9.39. The molecule has 0 amide bonds. The van der Waals surface area contributed by atoms with Crippen LogP contribution < -0.4 is 5.32 Å². The van der Waals surface area contributed by atoms with E-state index in [4.69, 9.17) is 11.6 Å². The molecule has 0 saturated carbocycles. The van der Waals surface area contributed by atoms with Crippen LogP contribution in [-0.4, -0.2) is 4.98 Å². The molecule has 21 heavy (non-hydrogen) atoms. The summed E-state index contributed by atoms with van der Waals surface area (Å²) < 4.78 is 0.791. The van der Waals surface area contributed by atoms with Crippen molar-refractivity contribution < 1.29 is 0 Å². The first-order chi connectivity index (χ1) is 9.81. The predicted octanol–water partition coefficient (Wildman–Crippen LogP) is 5.53. The minimum atomic E-state index is -0.481. The van der Waals surface area contributed by atoms with Gasteiger partial charge >= 0.3 is 0 Å². The SMILES string of the molecule is CC(C)(C)c1nc(C(C#N)Nc2ccc(Cl)c(Br)c2)cs1. The number of halogens is 2. The Kier molecular flexibility index (Phi) is 4.92. The van der Waals surface area contributed by atoms with Crippen molar-refractivity contribution in [3.63, 3.8) is 0 Å². The van der Waals surface area contributed by atoms with Crippen molar-refractivity contribution in [3.05, 3.63) is 43.8 Å². The van der Waals surface area contributed by atoms with Crippen LogP contribution in [0, 0.1) is 11.3 Å². The molecule has 1 unspecified atom stereocenters. The molecule has 1 aromatic heterocycles. The van der Waals surface area contributed by atoms with Gasteiger partial charge in [0.1, 0.15) is 0 Å². The summed E-state index contributed by atoms with van der Waals surface area (Å²) in [5.41, 5.74) is 1.56. The highest BCUT2D eigenvalue weighted by Gasteiger charge is 2.21. The molecule has 2 rings (SSSR count). The molecule has 0 saturated heterocycles. The first kappa shape index (κ1) is 16.3. The number of nitrogens with zero attached hydrogens (tertiary/aromatic N) is 2. The third-order valence-electron chi connectivity index (χ3n) is 2.82. The summed E-state index contributed by atoms with van der Waals surface area (Å²) in [5, 5.41) is 16.2. The molecular formula is C15H15BrClN3S. The maximum Gasteiger partial charge on any atom is 0.158 e. The van der Waals surface area contributed by atoms with Crippen molar-refractivity contribution in [2.75, 3.05) is 5.32 Å². The molecule has 1 atom stereocenters. The Morgan fingerprint density at radius 3 is 2.67 bits per heavy atom. The second kappa shape index (κ2) is 6.35. The average Bonchev–Trinajstić information content (AvgIpc) is 2.89. The molecule has 1 heterocycles. The lowest BCUT2D eigenvalue weighted by molar-refractivity contribution is 0.582. The van der Waals surface area contributed by atoms with Crippen molar-refractivity contribution in [3.8, 4) is 6.07 Å². The number of nitriles is 1. The highest BCUT2D eigenvalue weighted by Crippen LogP contribution is 2.30. The van der Waals surface area contributed by atoms with E-state index >= 15 is 0 Å². The van der Waals surface area contributed by atoms with Crippen molar-refractivity contribution in [2.45, 2.75) is 32.2 Å². The number of benzene rings is 1. The van der Waals surface area contributed by atoms with E-state index in [2.05, 4.69) is 53.1 Å². The fraction of sp³-hybridized carbons (Fsp3) is 0.333. The molecule has 0 fully saturated rings. The molecule has 2 aromatic rings. The van der Waals surface area contributed by atoms with Crippen molar-refractivity contribution >= 4 is 44.6 Å². The van der Waals surface area contributed by atoms with Crippen molar-refractivity contribution in [1.82, 2.24) is 4.98 Å². The summed E-state index contributed by atoms with van der Waals surface area (Å²) in [5.74, 6) is 0. The number of aromatic nitrogens is 1. The zero-order valence-corrected chi connectivity index (χ0v) is 15.1. The summed E-state index contributed by atoms with van der Waals surface area (Å²) in [6.07, 6.45) is 0. The Labute approximate surface area is 142 Å². The van der Waals surface area contributed by atoms with Crippen LogP contribution in [-0.2, 0) is 5.41 Å². The van der Waals surface area contributed by atoms with Gasteiger partial charge in [0.15, 0.2) is 6.04 Å². The van der Waals surface area contributed by atoms with Gasteiger partial charge in [0.25, 0.3) is 0 Å². The zero-order valence-electron chi connectivity index (χ0n) is 11.9. The van der Waals surface area contributed by atoms with Crippen LogP contribution in [0.2, 0.25) is 5.02 Å². The van der Waals surface area contributed by atoms with Crippen molar-refractivity contribution in [1.29, 1.82) is 5.26 Å². The van der Waals surface area contributed by atoms with Crippen LogP contribution >= 0.6 is 38.9 Å². The Balaban J connectivity index is 2.22. The Hall–Kier alpha value is -1.09. The summed E-state index contributed by atoms with van der Waals surface area (Å²) in [4.78, 5) is 4.58. The lowest BCUT2D eigenvalue weighted by atomic mass is 9.98. The number of nitrogens with one attached hydrogen (secondary N) is 1. The molecule has 0 radical (unpaired) electrons. The Morgan fingerprint density at radius 2 is 2.14 bits per heavy atom. The zero-order chi connectivity index (χ0) is 15.6. The average molecular weight is 385 g/mol. The molecule has 110 valence electrons. The van der Waals surface area contributed by atoms with Gasteiger partial charge < -0.3 is 5.32 Å². The van der Waals surface area contributed by atoms with Crippen LogP contribution in [0.15, 0.2) is 28.1 Å². The van der Waals surface area contributed by atoms with E-state index in [1.165, 1.54) is 0 Å². The van der Waals surface area contributed by atoms with Gasteiger partial charge in [-0.05, 0) is 34.1 Å². The third kappa shape index (κ3) is 3.97. The normalized spacial score (nSPS) is 12.8. The largest absolute Gasteiger partial charge is 0.365 e. The minimum absolute atomic E-state index is 0.00772. The van der Waals surface area contributed by atoms with Crippen molar-refractivity contribution in [2.24, 2.45) is 0 Å². The lowest BCUT2D eigenvalue weighted by Gasteiger charge is -2.14. The van der Waals surface area contributed by atoms with Crippen LogP contribution in [0.5, 0.6) is 0 Å². The molecular weight excluding hydrogens is 370 g/mol. The number of hydrogen-bond acceptors (Lipinski definition) is 4. The summed E-state index contributed by atoms with van der Waals surface area (Å²) in [6, 6.07) is 7.24. The number of anilines is 1. The quantitative estimate of drug-likeness (QED) is 0.756. The van der Waals surface area contributed by atoms with Gasteiger partial charge in [-0.25, -0.2) is 4.98 Å². The highest BCUT2D eigenvalue weighted by atomic mass is 79.9. The van der Waals surface area contributed by atoms with E-state index in [0.717, 1.165) is 20.9 Å². The van der Waals surface area contributed by atoms with Crippen LogP contribution in [0.25, 0.3) is 0 Å². The molecule has 3 nitrogen and oxygen atoms in total. The standard InChI is InChI=1S/C15H15BrClN3S/c1-15(2,3)14-20-13(8-21-14)12(7-18)19-9-4-5-11(17)10(16)6-9/h4-6,8,12,19H,1-3H3.